The molecule has 0 bridgehead atoms. The lowest BCUT2D eigenvalue weighted by Gasteiger charge is -2.17. The zero-order valence-electron chi connectivity index (χ0n) is 10.8. The third-order valence-electron chi connectivity index (χ3n) is 2.25. The standard InChI is InChI=1S/C10H20N2O5S/c1-4-5-6-8(10(14)15)11-9(13)7(2)12-18(3,16)17/h7-8,12H,4-6H2,1-3H3,(H,11,13)(H,14,15). The Hall–Kier alpha value is -1.15. The van der Waals surface area contributed by atoms with Gasteiger partial charge >= 0.3 is 5.97 Å². The highest BCUT2D eigenvalue weighted by Gasteiger charge is 2.23. The van der Waals surface area contributed by atoms with Gasteiger partial charge in [0, 0.05) is 0 Å². The molecule has 0 aliphatic rings. The van der Waals surface area contributed by atoms with E-state index in [1.807, 2.05) is 6.92 Å². The number of carbonyl (C=O) groups excluding carboxylic acids is 1. The molecule has 1 amide bonds. The first kappa shape index (κ1) is 16.9. The van der Waals surface area contributed by atoms with E-state index in [2.05, 4.69) is 10.0 Å². The van der Waals surface area contributed by atoms with Gasteiger partial charge in [-0.1, -0.05) is 19.8 Å². The van der Waals surface area contributed by atoms with Gasteiger partial charge in [-0.15, -0.1) is 0 Å². The van der Waals surface area contributed by atoms with Crippen molar-refractivity contribution < 1.29 is 23.1 Å². The molecule has 0 fully saturated rings. The SMILES string of the molecule is CCCCC(NC(=O)C(C)NS(C)(=O)=O)C(=O)O. The number of aliphatic carboxylic acids is 1. The monoisotopic (exact) mass is 280 g/mol. The number of hydrogen-bond donors (Lipinski definition) is 3. The lowest BCUT2D eigenvalue weighted by molar-refractivity contribution is -0.142. The summed E-state index contributed by atoms with van der Waals surface area (Å²) < 4.78 is 23.9. The van der Waals surface area contributed by atoms with Crippen LogP contribution >= 0.6 is 0 Å². The van der Waals surface area contributed by atoms with Crippen LogP contribution in [0.3, 0.4) is 0 Å². The van der Waals surface area contributed by atoms with Crippen LogP contribution in [0.2, 0.25) is 0 Å². The minimum atomic E-state index is -3.50. The van der Waals surface area contributed by atoms with Crippen molar-refractivity contribution >= 4 is 21.9 Å². The largest absolute Gasteiger partial charge is 0.480 e. The Bertz CT molecular complexity index is 393. The summed E-state index contributed by atoms with van der Waals surface area (Å²) in [5, 5.41) is 11.2. The summed E-state index contributed by atoms with van der Waals surface area (Å²) in [5.74, 6) is -1.77. The first-order valence-corrected chi connectivity index (χ1v) is 7.57. The lowest BCUT2D eigenvalue weighted by Crippen LogP contribution is -2.50. The molecular weight excluding hydrogens is 260 g/mol. The van der Waals surface area contributed by atoms with Crippen molar-refractivity contribution in [1.29, 1.82) is 0 Å². The van der Waals surface area contributed by atoms with E-state index in [9.17, 15) is 18.0 Å². The van der Waals surface area contributed by atoms with Crippen molar-refractivity contribution in [1.82, 2.24) is 10.0 Å². The Balaban J connectivity index is 4.45. The van der Waals surface area contributed by atoms with E-state index in [0.717, 1.165) is 12.7 Å². The van der Waals surface area contributed by atoms with Crippen LogP contribution in [0.5, 0.6) is 0 Å². The molecule has 0 saturated carbocycles. The number of sulfonamides is 1. The van der Waals surface area contributed by atoms with Gasteiger partial charge in [-0.05, 0) is 13.3 Å². The van der Waals surface area contributed by atoms with E-state index in [-0.39, 0.29) is 0 Å². The van der Waals surface area contributed by atoms with Gasteiger partial charge < -0.3 is 10.4 Å². The number of rotatable bonds is 8. The summed E-state index contributed by atoms with van der Waals surface area (Å²) in [6.45, 7) is 3.27. The molecule has 8 heteroatoms. The normalized spacial score (nSPS) is 14.8. The lowest BCUT2D eigenvalue weighted by atomic mass is 10.1. The second-order valence-electron chi connectivity index (χ2n) is 4.15. The van der Waals surface area contributed by atoms with Crippen LogP contribution < -0.4 is 10.0 Å². The summed E-state index contributed by atoms with van der Waals surface area (Å²) in [6.07, 6.45) is 2.74. The molecule has 0 spiro atoms. The Kier molecular flexibility index (Phi) is 6.85. The molecule has 106 valence electrons. The number of carboxylic acid groups (broad SMARTS) is 1. The van der Waals surface area contributed by atoms with Crippen molar-refractivity contribution in [2.24, 2.45) is 0 Å². The molecule has 0 aromatic carbocycles. The molecule has 7 nitrogen and oxygen atoms in total. The minimum Gasteiger partial charge on any atom is -0.480 e. The fraction of sp³-hybridized carbons (Fsp3) is 0.800. The summed E-state index contributed by atoms with van der Waals surface area (Å²) >= 11 is 0. The van der Waals surface area contributed by atoms with Gasteiger partial charge in [0.05, 0.1) is 12.3 Å². The highest BCUT2D eigenvalue weighted by molar-refractivity contribution is 7.88. The molecule has 0 aromatic rings. The van der Waals surface area contributed by atoms with E-state index in [1.165, 1.54) is 6.92 Å². The van der Waals surface area contributed by atoms with Crippen LogP contribution in [-0.2, 0) is 19.6 Å². The Morgan fingerprint density at radius 2 is 1.89 bits per heavy atom. The number of carbonyl (C=O) groups is 2. The third kappa shape index (κ3) is 7.23. The van der Waals surface area contributed by atoms with E-state index >= 15 is 0 Å². The first-order valence-electron chi connectivity index (χ1n) is 5.67. The van der Waals surface area contributed by atoms with Crippen LogP contribution in [-0.4, -0.2) is 43.7 Å². The van der Waals surface area contributed by atoms with Crippen molar-refractivity contribution in [3.8, 4) is 0 Å². The maximum atomic E-state index is 11.6. The van der Waals surface area contributed by atoms with Crippen molar-refractivity contribution in [3.63, 3.8) is 0 Å². The van der Waals surface area contributed by atoms with Gasteiger partial charge in [0.1, 0.15) is 6.04 Å². The highest BCUT2D eigenvalue weighted by atomic mass is 32.2. The van der Waals surface area contributed by atoms with E-state index in [1.54, 1.807) is 0 Å². The molecule has 0 aromatic heterocycles. The quantitative estimate of drug-likeness (QED) is 0.564. The second-order valence-corrected chi connectivity index (χ2v) is 5.93. The Morgan fingerprint density at radius 3 is 2.28 bits per heavy atom. The highest BCUT2D eigenvalue weighted by Crippen LogP contribution is 2.01. The minimum absolute atomic E-state index is 0.323. The van der Waals surface area contributed by atoms with Gasteiger partial charge in [-0.3, -0.25) is 4.79 Å². The van der Waals surface area contributed by atoms with E-state index < -0.39 is 34.0 Å². The molecule has 2 unspecified atom stereocenters. The van der Waals surface area contributed by atoms with Crippen LogP contribution in [0, 0.1) is 0 Å². The molecule has 0 saturated heterocycles. The zero-order chi connectivity index (χ0) is 14.3. The summed E-state index contributed by atoms with van der Waals surface area (Å²) in [4.78, 5) is 22.5. The van der Waals surface area contributed by atoms with Crippen molar-refractivity contribution in [3.05, 3.63) is 0 Å². The van der Waals surface area contributed by atoms with Crippen LogP contribution in [0.1, 0.15) is 33.1 Å². The maximum absolute atomic E-state index is 11.6. The summed E-state index contributed by atoms with van der Waals surface area (Å²) in [6, 6.07) is -1.98. The Morgan fingerprint density at radius 1 is 1.33 bits per heavy atom. The van der Waals surface area contributed by atoms with Crippen molar-refractivity contribution in [2.75, 3.05) is 6.26 Å². The average molecular weight is 280 g/mol. The fourth-order valence-corrected chi connectivity index (χ4v) is 2.09. The molecule has 0 rings (SSSR count). The van der Waals surface area contributed by atoms with Crippen molar-refractivity contribution in [2.45, 2.75) is 45.2 Å². The summed E-state index contributed by atoms with van der Waals surface area (Å²) in [7, 11) is -3.50. The number of carboxylic acids is 1. The van der Waals surface area contributed by atoms with Gasteiger partial charge in [-0.25, -0.2) is 17.9 Å². The zero-order valence-corrected chi connectivity index (χ0v) is 11.6. The predicted octanol–water partition coefficient (Wildman–Crippen LogP) is -0.316. The molecule has 2 atom stereocenters. The number of amides is 1. The molecule has 0 heterocycles. The average Bonchev–Trinajstić information content (AvgIpc) is 2.20. The predicted molar refractivity (Wildman–Crippen MR) is 66.5 cm³/mol. The third-order valence-corrected chi connectivity index (χ3v) is 3.03. The topological polar surface area (TPSA) is 113 Å². The molecule has 0 aliphatic carbocycles. The van der Waals surface area contributed by atoms with Gasteiger partial charge in [-0.2, -0.15) is 0 Å². The molecule has 0 radical (unpaired) electrons. The van der Waals surface area contributed by atoms with Crippen LogP contribution in [0.4, 0.5) is 0 Å². The van der Waals surface area contributed by atoms with Crippen LogP contribution in [0.15, 0.2) is 0 Å². The van der Waals surface area contributed by atoms with E-state index in [0.29, 0.717) is 12.8 Å². The second kappa shape index (κ2) is 7.32. The van der Waals surface area contributed by atoms with Crippen LogP contribution in [0.25, 0.3) is 0 Å². The maximum Gasteiger partial charge on any atom is 0.326 e. The number of unbranched alkanes of at least 4 members (excludes halogenated alkanes) is 1. The smallest absolute Gasteiger partial charge is 0.326 e. The molecular formula is C10H20N2O5S. The van der Waals surface area contributed by atoms with Gasteiger partial charge in [0.15, 0.2) is 0 Å². The summed E-state index contributed by atoms with van der Waals surface area (Å²) in [5.41, 5.74) is 0. The van der Waals surface area contributed by atoms with Gasteiger partial charge in [0.25, 0.3) is 0 Å². The fourth-order valence-electron chi connectivity index (χ4n) is 1.34. The number of hydrogen-bond acceptors (Lipinski definition) is 4. The molecule has 18 heavy (non-hydrogen) atoms. The molecule has 3 N–H and O–H groups in total. The van der Waals surface area contributed by atoms with Gasteiger partial charge in [0.2, 0.25) is 15.9 Å². The number of nitrogens with one attached hydrogen (secondary N) is 2. The molecule has 0 aliphatic heterocycles. The Labute approximate surface area is 107 Å². The first-order chi connectivity index (χ1) is 8.17. The van der Waals surface area contributed by atoms with E-state index in [4.69, 9.17) is 5.11 Å².